The number of anilines is 1. The molecule has 4 aromatic rings. The molecule has 1 heterocycles. The van der Waals surface area contributed by atoms with E-state index >= 15 is 0 Å². The van der Waals surface area contributed by atoms with Crippen molar-refractivity contribution in [2.45, 2.75) is 6.92 Å². The van der Waals surface area contributed by atoms with Crippen LogP contribution in [0.4, 0.5) is 5.69 Å². The molecule has 150 valence electrons. The predicted molar refractivity (Wildman–Crippen MR) is 114 cm³/mol. The van der Waals surface area contributed by atoms with Crippen LogP contribution in [0.2, 0.25) is 0 Å². The topological polar surface area (TPSA) is 93.3 Å². The zero-order valence-corrected chi connectivity index (χ0v) is 16.4. The molecule has 3 aromatic carbocycles. The Balaban J connectivity index is 1.50. The molecule has 1 aromatic heterocycles. The Bertz CT molecular complexity index is 1200. The lowest BCUT2D eigenvalue weighted by molar-refractivity contribution is -0.132. The molecule has 0 bridgehead atoms. The molecule has 0 saturated carbocycles. The maximum Gasteiger partial charge on any atom is 0.308 e. The third-order valence-corrected chi connectivity index (χ3v) is 4.49. The van der Waals surface area contributed by atoms with Gasteiger partial charge in [0.15, 0.2) is 11.5 Å². The van der Waals surface area contributed by atoms with Crippen LogP contribution in [0.5, 0.6) is 11.5 Å². The minimum Gasteiger partial charge on any atom is -0.493 e. The van der Waals surface area contributed by atoms with E-state index in [0.29, 0.717) is 17.0 Å². The number of carbonyl (C=O) groups is 2. The summed E-state index contributed by atoms with van der Waals surface area (Å²) in [6.45, 7) is 1.30. The number of aromatic amines is 1. The van der Waals surface area contributed by atoms with Gasteiger partial charge in [-0.1, -0.05) is 12.1 Å². The average molecular weight is 401 g/mol. The van der Waals surface area contributed by atoms with Crippen LogP contribution in [0.15, 0.2) is 66.7 Å². The first-order chi connectivity index (χ1) is 14.5. The number of carbonyl (C=O) groups excluding carboxylic acids is 2. The fourth-order valence-electron chi connectivity index (χ4n) is 3.05. The van der Waals surface area contributed by atoms with Crippen molar-refractivity contribution in [2.24, 2.45) is 0 Å². The summed E-state index contributed by atoms with van der Waals surface area (Å²) in [5, 5.41) is 2.84. The molecule has 0 fully saturated rings. The number of nitrogens with zero attached hydrogens (tertiary/aromatic N) is 1. The van der Waals surface area contributed by atoms with Crippen LogP contribution < -0.4 is 14.8 Å². The molecule has 0 atom stereocenters. The highest BCUT2D eigenvalue weighted by molar-refractivity contribution is 6.04. The Hall–Kier alpha value is -4.13. The van der Waals surface area contributed by atoms with Crippen LogP contribution >= 0.6 is 0 Å². The summed E-state index contributed by atoms with van der Waals surface area (Å²) in [5.74, 6) is 0.559. The minimum absolute atomic E-state index is 0.261. The Morgan fingerprint density at radius 1 is 0.967 bits per heavy atom. The lowest BCUT2D eigenvalue weighted by atomic mass is 10.1. The molecular weight excluding hydrogens is 382 g/mol. The lowest BCUT2D eigenvalue weighted by Gasteiger charge is -2.10. The molecule has 30 heavy (non-hydrogen) atoms. The monoisotopic (exact) mass is 401 g/mol. The van der Waals surface area contributed by atoms with Crippen molar-refractivity contribution >= 4 is 28.6 Å². The van der Waals surface area contributed by atoms with Gasteiger partial charge in [-0.05, 0) is 54.6 Å². The second kappa shape index (κ2) is 8.08. The van der Waals surface area contributed by atoms with Crippen molar-refractivity contribution in [1.29, 1.82) is 0 Å². The maximum atomic E-state index is 12.6. The standard InChI is InChI=1S/C23H19N3O4/c1-14(27)30-20-12-9-16(13-21(20)29-2)23(28)24-17-10-7-15(8-11-17)22-25-18-5-3-4-6-19(18)26-22/h3-13H,1-2H3,(H,24,28)(H,25,26). The van der Waals surface area contributed by atoms with Gasteiger partial charge in [-0.15, -0.1) is 0 Å². The number of H-pyrrole nitrogens is 1. The summed E-state index contributed by atoms with van der Waals surface area (Å²) < 4.78 is 10.3. The van der Waals surface area contributed by atoms with Crippen LogP contribution in [0, 0.1) is 0 Å². The number of esters is 1. The summed E-state index contributed by atoms with van der Waals surface area (Å²) in [7, 11) is 1.45. The molecule has 1 amide bonds. The van der Waals surface area contributed by atoms with Crippen LogP contribution in [0.1, 0.15) is 17.3 Å². The maximum absolute atomic E-state index is 12.6. The van der Waals surface area contributed by atoms with Gasteiger partial charge in [-0.2, -0.15) is 0 Å². The molecule has 0 saturated heterocycles. The van der Waals surface area contributed by atoms with Gasteiger partial charge in [0.25, 0.3) is 5.91 Å². The number of methoxy groups -OCH3 is 1. The van der Waals surface area contributed by atoms with Gasteiger partial charge in [0, 0.05) is 23.7 Å². The van der Waals surface area contributed by atoms with Gasteiger partial charge in [-0.25, -0.2) is 4.98 Å². The summed E-state index contributed by atoms with van der Waals surface area (Å²) in [6.07, 6.45) is 0. The minimum atomic E-state index is -0.463. The Kier molecular flexibility index (Phi) is 5.17. The van der Waals surface area contributed by atoms with Gasteiger partial charge in [0.1, 0.15) is 5.82 Å². The van der Waals surface area contributed by atoms with Crippen LogP contribution in [-0.4, -0.2) is 29.0 Å². The zero-order chi connectivity index (χ0) is 21.1. The van der Waals surface area contributed by atoms with E-state index in [-0.39, 0.29) is 11.7 Å². The summed E-state index contributed by atoms with van der Waals surface area (Å²) in [4.78, 5) is 31.6. The number of para-hydroxylation sites is 2. The Labute approximate surface area is 172 Å². The fourth-order valence-corrected chi connectivity index (χ4v) is 3.05. The number of ether oxygens (including phenoxy) is 2. The molecule has 0 aliphatic heterocycles. The third kappa shape index (κ3) is 4.00. The Morgan fingerprint density at radius 2 is 1.73 bits per heavy atom. The van der Waals surface area contributed by atoms with Gasteiger partial charge in [0.2, 0.25) is 0 Å². The third-order valence-electron chi connectivity index (χ3n) is 4.49. The molecule has 4 rings (SSSR count). The summed E-state index contributed by atoms with van der Waals surface area (Å²) >= 11 is 0. The van der Waals surface area contributed by atoms with Crippen molar-refractivity contribution in [3.63, 3.8) is 0 Å². The van der Waals surface area contributed by atoms with E-state index in [4.69, 9.17) is 9.47 Å². The van der Waals surface area contributed by atoms with Gasteiger partial charge in [0.05, 0.1) is 18.1 Å². The van der Waals surface area contributed by atoms with E-state index in [1.807, 2.05) is 48.5 Å². The number of hydrogen-bond donors (Lipinski definition) is 2. The highest BCUT2D eigenvalue weighted by Crippen LogP contribution is 2.29. The first kappa shape index (κ1) is 19.2. The fraction of sp³-hybridized carbons (Fsp3) is 0.0870. The van der Waals surface area contributed by atoms with Crippen molar-refractivity contribution in [2.75, 3.05) is 12.4 Å². The second-order valence-corrected chi connectivity index (χ2v) is 6.59. The number of nitrogens with one attached hydrogen (secondary N) is 2. The van der Waals surface area contributed by atoms with Crippen molar-refractivity contribution in [1.82, 2.24) is 9.97 Å². The molecule has 0 aliphatic rings. The van der Waals surface area contributed by atoms with E-state index in [2.05, 4.69) is 15.3 Å². The molecule has 0 spiro atoms. The van der Waals surface area contributed by atoms with Gasteiger partial charge >= 0.3 is 5.97 Å². The zero-order valence-electron chi connectivity index (χ0n) is 16.4. The Morgan fingerprint density at radius 3 is 2.43 bits per heavy atom. The molecule has 7 nitrogen and oxygen atoms in total. The quantitative estimate of drug-likeness (QED) is 0.381. The highest BCUT2D eigenvalue weighted by Gasteiger charge is 2.13. The van der Waals surface area contributed by atoms with Crippen LogP contribution in [0.3, 0.4) is 0 Å². The van der Waals surface area contributed by atoms with Gasteiger partial charge < -0.3 is 19.8 Å². The number of amides is 1. The van der Waals surface area contributed by atoms with Gasteiger partial charge in [-0.3, -0.25) is 9.59 Å². The second-order valence-electron chi connectivity index (χ2n) is 6.59. The number of aromatic nitrogens is 2. The first-order valence-corrected chi connectivity index (χ1v) is 9.26. The van der Waals surface area contributed by atoms with Crippen molar-refractivity contribution < 1.29 is 19.1 Å². The molecule has 7 heteroatoms. The predicted octanol–water partition coefficient (Wildman–Crippen LogP) is 4.42. The van der Waals surface area contributed by atoms with E-state index in [9.17, 15) is 9.59 Å². The average Bonchev–Trinajstić information content (AvgIpc) is 3.18. The molecular formula is C23H19N3O4. The number of benzene rings is 3. The highest BCUT2D eigenvalue weighted by atomic mass is 16.6. The largest absolute Gasteiger partial charge is 0.493 e. The number of hydrogen-bond acceptors (Lipinski definition) is 5. The normalized spacial score (nSPS) is 10.6. The molecule has 2 N–H and O–H groups in total. The molecule has 0 unspecified atom stereocenters. The van der Waals surface area contributed by atoms with E-state index < -0.39 is 5.97 Å². The first-order valence-electron chi connectivity index (χ1n) is 9.26. The number of fused-ring (bicyclic) bond motifs is 1. The van der Waals surface area contributed by atoms with E-state index in [1.165, 1.54) is 26.2 Å². The van der Waals surface area contributed by atoms with Crippen LogP contribution in [0.25, 0.3) is 22.4 Å². The van der Waals surface area contributed by atoms with Crippen LogP contribution in [-0.2, 0) is 4.79 Å². The van der Waals surface area contributed by atoms with E-state index in [1.54, 1.807) is 6.07 Å². The van der Waals surface area contributed by atoms with Crippen molar-refractivity contribution in [3.05, 3.63) is 72.3 Å². The van der Waals surface area contributed by atoms with E-state index in [0.717, 1.165) is 22.4 Å². The number of imidazole rings is 1. The molecule has 0 radical (unpaired) electrons. The summed E-state index contributed by atoms with van der Waals surface area (Å²) in [6, 6.07) is 19.8. The summed E-state index contributed by atoms with van der Waals surface area (Å²) in [5.41, 5.74) is 3.80. The lowest BCUT2D eigenvalue weighted by Crippen LogP contribution is -2.12. The SMILES string of the molecule is COc1cc(C(=O)Nc2ccc(-c3nc4ccccc4[nH]3)cc2)ccc1OC(C)=O. The number of rotatable bonds is 5. The van der Waals surface area contributed by atoms with Crippen molar-refractivity contribution in [3.8, 4) is 22.9 Å². The molecule has 0 aliphatic carbocycles. The smallest absolute Gasteiger partial charge is 0.308 e.